The number of nitro benzene ring substituents is 1. The van der Waals surface area contributed by atoms with Crippen molar-refractivity contribution < 1.29 is 22.9 Å². The van der Waals surface area contributed by atoms with Gasteiger partial charge in [-0.3, -0.25) is 24.0 Å². The van der Waals surface area contributed by atoms with Crippen molar-refractivity contribution in [1.29, 1.82) is 0 Å². The predicted octanol–water partition coefficient (Wildman–Crippen LogP) is 3.65. The molecular weight excluding hydrogens is 508 g/mol. The molecule has 1 N–H and O–H groups in total. The average Bonchev–Trinajstić information content (AvgIpc) is 2.92. The van der Waals surface area contributed by atoms with Crippen molar-refractivity contribution in [2.45, 2.75) is 37.8 Å². The lowest BCUT2D eigenvalue weighted by Crippen LogP contribution is -2.51. The number of hydrogen-bond donors (Lipinski definition) is 1. The Hall–Kier alpha value is -4.25. The minimum absolute atomic E-state index is 0.0414. The van der Waals surface area contributed by atoms with Crippen LogP contribution in [-0.2, 0) is 26.2 Å². The largest absolute Gasteiger partial charge is 0.357 e. The van der Waals surface area contributed by atoms with E-state index in [1.54, 1.807) is 25.1 Å². The molecule has 1 atom stereocenters. The van der Waals surface area contributed by atoms with Gasteiger partial charge in [-0.15, -0.1) is 0 Å². The van der Waals surface area contributed by atoms with Gasteiger partial charge in [-0.1, -0.05) is 55.5 Å². The molecule has 0 spiro atoms. The summed E-state index contributed by atoms with van der Waals surface area (Å²) in [5.74, 6) is -1.02. The fourth-order valence-corrected chi connectivity index (χ4v) is 5.49. The highest BCUT2D eigenvalue weighted by Gasteiger charge is 2.34. The van der Waals surface area contributed by atoms with E-state index in [0.717, 1.165) is 21.5 Å². The van der Waals surface area contributed by atoms with Gasteiger partial charge in [0.15, 0.2) is 0 Å². The van der Waals surface area contributed by atoms with Crippen LogP contribution in [0.15, 0.2) is 83.8 Å². The molecule has 3 rings (SSSR count). The summed E-state index contributed by atoms with van der Waals surface area (Å²) in [4.78, 5) is 38.7. The Balaban J connectivity index is 2.10. The van der Waals surface area contributed by atoms with Gasteiger partial charge < -0.3 is 10.2 Å². The molecule has 38 heavy (non-hydrogen) atoms. The van der Waals surface area contributed by atoms with E-state index in [0.29, 0.717) is 6.42 Å². The smallest absolute Gasteiger partial charge is 0.271 e. The summed E-state index contributed by atoms with van der Waals surface area (Å²) in [6.45, 7) is 3.05. The van der Waals surface area contributed by atoms with Gasteiger partial charge in [0.1, 0.15) is 12.6 Å². The van der Waals surface area contributed by atoms with Gasteiger partial charge in [0.25, 0.3) is 15.7 Å². The zero-order chi connectivity index (χ0) is 27.9. The zero-order valence-corrected chi connectivity index (χ0v) is 22.2. The third-order valence-corrected chi connectivity index (χ3v) is 7.96. The Morgan fingerprint density at radius 3 is 2.26 bits per heavy atom. The van der Waals surface area contributed by atoms with Gasteiger partial charge in [0.2, 0.25) is 11.8 Å². The second-order valence-electron chi connectivity index (χ2n) is 8.59. The van der Waals surface area contributed by atoms with Crippen molar-refractivity contribution in [3.8, 4) is 0 Å². The van der Waals surface area contributed by atoms with Gasteiger partial charge in [-0.05, 0) is 42.7 Å². The molecule has 0 saturated carbocycles. The van der Waals surface area contributed by atoms with E-state index in [-0.39, 0.29) is 28.7 Å². The van der Waals surface area contributed by atoms with Crippen molar-refractivity contribution in [3.63, 3.8) is 0 Å². The van der Waals surface area contributed by atoms with Crippen LogP contribution >= 0.6 is 0 Å². The Labute approximate surface area is 222 Å². The lowest BCUT2D eigenvalue weighted by atomic mass is 10.1. The van der Waals surface area contributed by atoms with Gasteiger partial charge in [-0.25, -0.2) is 8.42 Å². The molecule has 0 radical (unpaired) electrons. The van der Waals surface area contributed by atoms with Crippen LogP contribution < -0.4 is 9.62 Å². The normalized spacial score (nSPS) is 11.9. The molecule has 0 saturated heterocycles. The maximum Gasteiger partial charge on any atom is 0.271 e. The van der Waals surface area contributed by atoms with Crippen molar-refractivity contribution in [2.24, 2.45) is 0 Å². The van der Waals surface area contributed by atoms with Crippen molar-refractivity contribution in [3.05, 3.63) is 100 Å². The monoisotopic (exact) mass is 538 g/mol. The second-order valence-corrected chi connectivity index (χ2v) is 10.5. The maximum atomic E-state index is 13.9. The number of nitrogens with one attached hydrogen (secondary N) is 1. The Bertz CT molecular complexity index is 1410. The van der Waals surface area contributed by atoms with Crippen LogP contribution in [0.4, 0.5) is 11.4 Å². The summed E-state index contributed by atoms with van der Waals surface area (Å²) in [7, 11) is -2.83. The molecule has 0 heterocycles. The van der Waals surface area contributed by atoms with Crippen molar-refractivity contribution >= 4 is 33.2 Å². The number of nitrogens with zero attached hydrogens (tertiary/aromatic N) is 3. The van der Waals surface area contributed by atoms with Crippen LogP contribution in [0.1, 0.15) is 24.5 Å². The first-order valence-corrected chi connectivity index (χ1v) is 13.4. The van der Waals surface area contributed by atoms with E-state index >= 15 is 0 Å². The fraction of sp³-hybridized carbons (Fsp3) is 0.259. The number of likely N-dealkylation sites (N-methyl/N-ethyl adjacent to an activating group) is 1. The molecule has 3 aromatic rings. The van der Waals surface area contributed by atoms with E-state index in [1.807, 2.05) is 31.2 Å². The molecule has 0 aliphatic heterocycles. The van der Waals surface area contributed by atoms with Gasteiger partial charge in [0.05, 0.1) is 15.5 Å². The first-order chi connectivity index (χ1) is 18.1. The summed E-state index contributed by atoms with van der Waals surface area (Å²) in [5.41, 5.74) is 1.34. The Morgan fingerprint density at radius 1 is 1.00 bits per heavy atom. The van der Waals surface area contributed by atoms with Crippen LogP contribution in [0.3, 0.4) is 0 Å². The summed E-state index contributed by atoms with van der Waals surface area (Å²) in [6.07, 6.45) is 0.291. The minimum atomic E-state index is -4.30. The van der Waals surface area contributed by atoms with Crippen LogP contribution in [0, 0.1) is 17.0 Å². The number of carbonyl (C=O) groups is 2. The molecule has 10 nitrogen and oxygen atoms in total. The number of sulfonamides is 1. The lowest BCUT2D eigenvalue weighted by Gasteiger charge is -2.33. The standard InChI is InChI=1S/C27H30N4O6S/c1-4-25(27(33)28-3)29(18-21-12-9-8-11-20(21)2)26(32)19-30(22-13-10-14-23(17-22)31(34)35)38(36,37)24-15-6-5-7-16-24/h5-17,25H,4,18-19H2,1-3H3,(H,28,33). The number of hydrogen-bond acceptors (Lipinski definition) is 6. The number of rotatable bonds is 11. The fourth-order valence-electron chi connectivity index (χ4n) is 4.07. The molecular formula is C27H30N4O6S. The van der Waals surface area contributed by atoms with Crippen molar-refractivity contribution in [1.82, 2.24) is 10.2 Å². The number of nitro groups is 1. The summed E-state index contributed by atoms with van der Waals surface area (Å²) in [5, 5.41) is 14.0. The molecule has 200 valence electrons. The Morgan fingerprint density at radius 2 is 1.66 bits per heavy atom. The highest BCUT2D eigenvalue weighted by atomic mass is 32.2. The quantitative estimate of drug-likeness (QED) is 0.293. The van der Waals surface area contributed by atoms with E-state index in [4.69, 9.17) is 0 Å². The summed E-state index contributed by atoms with van der Waals surface area (Å²) >= 11 is 0. The molecule has 2 amide bonds. The molecule has 11 heteroatoms. The molecule has 3 aromatic carbocycles. The molecule has 0 bridgehead atoms. The molecule has 0 fully saturated rings. The predicted molar refractivity (Wildman–Crippen MR) is 144 cm³/mol. The number of non-ortho nitro benzene ring substituents is 1. The third kappa shape index (κ3) is 6.35. The van der Waals surface area contributed by atoms with Crippen LogP contribution in [-0.4, -0.2) is 49.7 Å². The van der Waals surface area contributed by atoms with Gasteiger partial charge >= 0.3 is 0 Å². The van der Waals surface area contributed by atoms with E-state index in [2.05, 4.69) is 5.32 Å². The first kappa shape index (κ1) is 28.3. The number of amides is 2. The SMILES string of the molecule is CCC(C(=O)NC)N(Cc1ccccc1C)C(=O)CN(c1cccc([N+](=O)[O-])c1)S(=O)(=O)c1ccccc1. The first-order valence-electron chi connectivity index (χ1n) is 12.0. The highest BCUT2D eigenvalue weighted by molar-refractivity contribution is 7.92. The van der Waals surface area contributed by atoms with Gasteiger partial charge in [0, 0.05) is 25.7 Å². The number of benzene rings is 3. The molecule has 1 unspecified atom stereocenters. The summed E-state index contributed by atoms with van der Waals surface area (Å²) in [6, 6.07) is 19.1. The maximum absolute atomic E-state index is 13.9. The highest BCUT2D eigenvalue weighted by Crippen LogP contribution is 2.28. The molecule has 0 aliphatic carbocycles. The Kier molecular flexibility index (Phi) is 9.19. The van der Waals surface area contributed by atoms with Crippen molar-refractivity contribution in [2.75, 3.05) is 17.9 Å². The lowest BCUT2D eigenvalue weighted by molar-refractivity contribution is -0.384. The van der Waals surface area contributed by atoms with Crippen LogP contribution in [0.5, 0.6) is 0 Å². The van der Waals surface area contributed by atoms with Gasteiger partial charge in [-0.2, -0.15) is 0 Å². The van der Waals surface area contributed by atoms with E-state index < -0.39 is 33.4 Å². The topological polar surface area (TPSA) is 130 Å². The second kappa shape index (κ2) is 12.3. The number of anilines is 1. The average molecular weight is 539 g/mol. The summed E-state index contributed by atoms with van der Waals surface area (Å²) < 4.78 is 28.3. The minimum Gasteiger partial charge on any atom is -0.357 e. The van der Waals surface area contributed by atoms with Crippen LogP contribution in [0.25, 0.3) is 0 Å². The number of aryl methyl sites for hydroxylation is 1. The zero-order valence-electron chi connectivity index (χ0n) is 21.4. The third-order valence-electron chi connectivity index (χ3n) is 6.17. The van der Waals surface area contributed by atoms with Crippen LogP contribution in [0.2, 0.25) is 0 Å². The molecule has 0 aromatic heterocycles. The molecule has 0 aliphatic rings. The van der Waals surface area contributed by atoms with E-state index in [9.17, 15) is 28.1 Å². The van der Waals surface area contributed by atoms with E-state index in [1.165, 1.54) is 42.3 Å². The number of carbonyl (C=O) groups excluding carboxylic acids is 2.